The first-order valence-electron chi connectivity index (χ1n) is 14.2. The molecule has 1 fully saturated rings. The minimum atomic E-state index is -0.871. The largest absolute Gasteiger partial charge is 0.481 e. The number of fused-ring (bicyclic) bond motifs is 3. The number of alkyl carbamates (subject to hydrolysis) is 1. The van der Waals surface area contributed by atoms with Crippen LogP contribution in [0.1, 0.15) is 41.9 Å². The van der Waals surface area contributed by atoms with Crippen molar-refractivity contribution < 1.29 is 24.2 Å². The number of likely N-dealkylation sites (N-methyl/N-ethyl adjacent to an activating group) is 1. The number of rotatable bonds is 11. The lowest BCUT2D eigenvalue weighted by atomic mass is 9.96. The molecule has 2 amide bonds. The molecule has 0 heterocycles. The van der Waals surface area contributed by atoms with Crippen LogP contribution in [0.25, 0.3) is 11.1 Å². The van der Waals surface area contributed by atoms with Gasteiger partial charge in [0.1, 0.15) is 12.6 Å². The molecule has 2 aliphatic rings. The summed E-state index contributed by atoms with van der Waals surface area (Å²) in [6.07, 6.45) is 1.55. The van der Waals surface area contributed by atoms with Crippen LogP contribution in [0.3, 0.4) is 0 Å². The molecule has 3 atom stereocenters. The first kappa shape index (κ1) is 28.4. The van der Waals surface area contributed by atoms with Gasteiger partial charge in [0.25, 0.3) is 0 Å². The molecule has 8 nitrogen and oxygen atoms in total. The number of carbonyl (C=O) groups excluding carboxylic acids is 2. The molecular weight excluding hydrogens is 518 g/mol. The van der Waals surface area contributed by atoms with Crippen LogP contribution in [-0.4, -0.2) is 60.8 Å². The van der Waals surface area contributed by atoms with Gasteiger partial charge in [-0.15, -0.1) is 0 Å². The van der Waals surface area contributed by atoms with Crippen LogP contribution in [0, 0.1) is 11.8 Å². The van der Waals surface area contributed by atoms with Gasteiger partial charge in [-0.3, -0.25) is 14.5 Å². The van der Waals surface area contributed by atoms with Gasteiger partial charge in [0, 0.05) is 25.6 Å². The van der Waals surface area contributed by atoms with Crippen LogP contribution in [-0.2, 0) is 20.9 Å². The van der Waals surface area contributed by atoms with Gasteiger partial charge in [-0.25, -0.2) is 4.79 Å². The Morgan fingerprint density at radius 3 is 2.22 bits per heavy atom. The van der Waals surface area contributed by atoms with Gasteiger partial charge >= 0.3 is 12.1 Å². The second kappa shape index (κ2) is 13.0. The molecule has 3 aromatic rings. The molecule has 41 heavy (non-hydrogen) atoms. The normalized spacial score (nSPS) is 18.4. The summed E-state index contributed by atoms with van der Waals surface area (Å²) in [4.78, 5) is 40.0. The van der Waals surface area contributed by atoms with Crippen molar-refractivity contribution >= 4 is 18.0 Å². The average molecular weight is 556 g/mol. The van der Waals surface area contributed by atoms with E-state index in [0.29, 0.717) is 13.0 Å². The van der Waals surface area contributed by atoms with Crippen LogP contribution in [0.15, 0.2) is 78.9 Å². The molecule has 214 valence electrons. The van der Waals surface area contributed by atoms with Gasteiger partial charge in [-0.2, -0.15) is 0 Å². The van der Waals surface area contributed by atoms with Crippen molar-refractivity contribution in [3.8, 4) is 11.1 Å². The maximum absolute atomic E-state index is 13.3. The van der Waals surface area contributed by atoms with E-state index in [1.807, 2.05) is 66.5 Å². The maximum atomic E-state index is 13.3. The van der Waals surface area contributed by atoms with Crippen molar-refractivity contribution in [3.63, 3.8) is 0 Å². The number of hydrogen-bond acceptors (Lipinski definition) is 5. The monoisotopic (exact) mass is 555 g/mol. The van der Waals surface area contributed by atoms with Crippen LogP contribution >= 0.6 is 0 Å². The number of benzene rings is 3. The highest BCUT2D eigenvalue weighted by atomic mass is 16.5. The first-order valence-corrected chi connectivity index (χ1v) is 14.2. The summed E-state index contributed by atoms with van der Waals surface area (Å²) in [5.74, 6) is -1.83. The summed E-state index contributed by atoms with van der Waals surface area (Å²) in [6.45, 7) is 1.27. The van der Waals surface area contributed by atoms with E-state index in [-0.39, 0.29) is 37.4 Å². The summed E-state index contributed by atoms with van der Waals surface area (Å²) in [6, 6.07) is 25.3. The van der Waals surface area contributed by atoms with E-state index < -0.39 is 24.0 Å². The number of carboxylic acids is 1. The number of aliphatic carboxylic acids is 1. The van der Waals surface area contributed by atoms with Crippen molar-refractivity contribution in [1.82, 2.24) is 15.5 Å². The van der Waals surface area contributed by atoms with E-state index >= 15 is 0 Å². The number of carboxylic acid groups (broad SMARTS) is 1. The molecule has 0 aromatic heterocycles. The summed E-state index contributed by atoms with van der Waals surface area (Å²) >= 11 is 0. The second-order valence-corrected chi connectivity index (χ2v) is 11.1. The summed E-state index contributed by atoms with van der Waals surface area (Å²) in [7, 11) is 1.89. The fraction of sp³-hybridized carbons (Fsp3) is 0.364. The zero-order valence-corrected chi connectivity index (χ0v) is 23.3. The summed E-state index contributed by atoms with van der Waals surface area (Å²) in [5, 5.41) is 15.2. The van der Waals surface area contributed by atoms with E-state index in [1.54, 1.807) is 0 Å². The molecule has 3 aromatic carbocycles. The zero-order valence-electron chi connectivity index (χ0n) is 23.3. The Morgan fingerprint density at radius 1 is 0.927 bits per heavy atom. The van der Waals surface area contributed by atoms with Crippen molar-refractivity contribution in [2.45, 2.75) is 37.8 Å². The molecule has 8 heteroatoms. The van der Waals surface area contributed by atoms with E-state index in [2.05, 4.69) is 34.9 Å². The van der Waals surface area contributed by atoms with Crippen molar-refractivity contribution in [1.29, 1.82) is 0 Å². The number of nitrogens with zero attached hydrogens (tertiary/aromatic N) is 1. The van der Waals surface area contributed by atoms with Gasteiger partial charge < -0.3 is 20.5 Å². The number of carbonyl (C=O) groups is 3. The van der Waals surface area contributed by atoms with Gasteiger partial charge in [0.05, 0.1) is 5.92 Å². The van der Waals surface area contributed by atoms with E-state index in [0.717, 1.165) is 40.7 Å². The minimum absolute atomic E-state index is 0.0866. The molecule has 3 N–H and O–H groups in total. The van der Waals surface area contributed by atoms with E-state index in [1.165, 1.54) is 0 Å². The summed E-state index contributed by atoms with van der Waals surface area (Å²) in [5.41, 5.74) is 5.60. The topological polar surface area (TPSA) is 108 Å². The Labute approximate surface area is 240 Å². The molecule has 5 rings (SSSR count). The summed E-state index contributed by atoms with van der Waals surface area (Å²) < 4.78 is 5.72. The van der Waals surface area contributed by atoms with Crippen molar-refractivity contribution in [3.05, 3.63) is 95.6 Å². The second-order valence-electron chi connectivity index (χ2n) is 11.1. The molecule has 1 unspecified atom stereocenters. The van der Waals surface area contributed by atoms with Crippen LogP contribution in [0.5, 0.6) is 0 Å². The molecule has 0 radical (unpaired) electrons. The van der Waals surface area contributed by atoms with Crippen LogP contribution < -0.4 is 10.6 Å². The molecule has 0 aliphatic heterocycles. The van der Waals surface area contributed by atoms with Crippen molar-refractivity contribution in [2.75, 3.05) is 26.7 Å². The maximum Gasteiger partial charge on any atom is 0.407 e. The predicted molar refractivity (Wildman–Crippen MR) is 156 cm³/mol. The third-order valence-electron chi connectivity index (χ3n) is 8.26. The molecule has 1 saturated carbocycles. The Hall–Kier alpha value is -4.17. The lowest BCUT2D eigenvalue weighted by Gasteiger charge is -2.25. The molecule has 0 bridgehead atoms. The molecule has 0 saturated heterocycles. The van der Waals surface area contributed by atoms with E-state index in [4.69, 9.17) is 4.74 Å². The average Bonchev–Trinajstić information content (AvgIpc) is 3.58. The lowest BCUT2D eigenvalue weighted by Crippen LogP contribution is -2.53. The SMILES string of the molecule is CN(Cc1ccccc1)CC(NC(=O)OCC1c2ccccc2-c2ccccc21)C(=O)NC[C@@H]1CCC[C@@H]1C(=O)O. The number of nitrogens with one attached hydrogen (secondary N) is 2. The third kappa shape index (κ3) is 6.77. The number of amides is 2. The fourth-order valence-electron chi connectivity index (χ4n) is 6.21. The molecular formula is C33H37N3O5. The Morgan fingerprint density at radius 2 is 1.56 bits per heavy atom. The predicted octanol–water partition coefficient (Wildman–Crippen LogP) is 4.64. The number of hydrogen-bond donors (Lipinski definition) is 3. The fourth-order valence-corrected chi connectivity index (χ4v) is 6.21. The van der Waals surface area contributed by atoms with Gasteiger partial charge in [-0.1, -0.05) is 85.3 Å². The third-order valence-corrected chi connectivity index (χ3v) is 8.26. The Balaban J connectivity index is 1.24. The number of ether oxygens (including phenoxy) is 1. The highest BCUT2D eigenvalue weighted by molar-refractivity contribution is 5.86. The van der Waals surface area contributed by atoms with Crippen molar-refractivity contribution in [2.24, 2.45) is 11.8 Å². The molecule has 0 spiro atoms. The van der Waals surface area contributed by atoms with Gasteiger partial charge in [0.2, 0.25) is 5.91 Å². The smallest absolute Gasteiger partial charge is 0.407 e. The first-order chi connectivity index (χ1) is 19.9. The lowest BCUT2D eigenvalue weighted by molar-refractivity contribution is -0.143. The quantitative estimate of drug-likeness (QED) is 0.318. The molecule has 2 aliphatic carbocycles. The highest BCUT2D eigenvalue weighted by Crippen LogP contribution is 2.44. The zero-order chi connectivity index (χ0) is 28.8. The Bertz CT molecular complexity index is 1330. The minimum Gasteiger partial charge on any atom is -0.481 e. The van der Waals surface area contributed by atoms with Crippen LogP contribution in [0.4, 0.5) is 4.79 Å². The van der Waals surface area contributed by atoms with Crippen LogP contribution in [0.2, 0.25) is 0 Å². The Kier molecular flexibility index (Phi) is 8.99. The highest BCUT2D eigenvalue weighted by Gasteiger charge is 2.34. The standard InChI is InChI=1S/C33H37N3O5/c1-36(19-22-10-3-2-4-11-22)20-30(31(37)34-18-23-12-9-17-24(23)32(38)39)35-33(40)41-21-29-27-15-7-5-13-25(27)26-14-6-8-16-28(26)29/h2-8,10-11,13-16,23-24,29-30H,9,12,17-21H2,1H3,(H,34,37)(H,35,40)(H,38,39)/t23-,24-,30?/m0/s1. The van der Waals surface area contributed by atoms with Gasteiger partial charge in [0.15, 0.2) is 0 Å². The van der Waals surface area contributed by atoms with E-state index in [9.17, 15) is 19.5 Å². The van der Waals surface area contributed by atoms with Gasteiger partial charge in [-0.05, 0) is 53.6 Å².